The largest absolute Gasteiger partial charge is 0.370 e. The smallest absolute Gasteiger partial charge is 0.0396 e. The van der Waals surface area contributed by atoms with Crippen molar-refractivity contribution in [2.24, 2.45) is 5.41 Å². The summed E-state index contributed by atoms with van der Waals surface area (Å²) in [4.78, 5) is 2.51. The molecule has 2 heteroatoms. The van der Waals surface area contributed by atoms with Gasteiger partial charge in [0.1, 0.15) is 0 Å². The summed E-state index contributed by atoms with van der Waals surface area (Å²) in [7, 11) is 0. The van der Waals surface area contributed by atoms with Gasteiger partial charge in [-0.3, -0.25) is 0 Å². The van der Waals surface area contributed by atoms with E-state index in [9.17, 15) is 0 Å². The zero-order valence-electron chi connectivity index (χ0n) is 12.9. The minimum atomic E-state index is 0.397. The second-order valence-corrected chi connectivity index (χ2v) is 6.42. The molecule has 0 aromatic heterocycles. The fraction of sp³-hybridized carbons (Fsp3) is 0.647. The molecule has 0 radical (unpaired) electrons. The van der Waals surface area contributed by atoms with E-state index in [0.717, 1.165) is 13.1 Å². The average molecular weight is 260 g/mol. The van der Waals surface area contributed by atoms with Crippen molar-refractivity contribution in [1.82, 2.24) is 5.32 Å². The van der Waals surface area contributed by atoms with Gasteiger partial charge in [0.05, 0.1) is 0 Å². The maximum Gasteiger partial charge on any atom is 0.0396 e. The quantitative estimate of drug-likeness (QED) is 0.890. The Hall–Kier alpha value is -1.02. The minimum Gasteiger partial charge on any atom is -0.370 e. The van der Waals surface area contributed by atoms with Crippen molar-refractivity contribution in [3.63, 3.8) is 0 Å². The molecule has 0 amide bonds. The minimum absolute atomic E-state index is 0.397. The molecule has 1 unspecified atom stereocenters. The number of nitrogens with zero attached hydrogens (tertiary/aromatic N) is 1. The first-order chi connectivity index (χ1) is 9.04. The third-order valence-electron chi connectivity index (χ3n) is 4.57. The van der Waals surface area contributed by atoms with Crippen LogP contribution >= 0.6 is 0 Å². The Morgan fingerprint density at radius 3 is 2.68 bits per heavy atom. The lowest BCUT2D eigenvalue weighted by atomic mass is 9.77. The van der Waals surface area contributed by atoms with Gasteiger partial charge >= 0.3 is 0 Å². The van der Waals surface area contributed by atoms with Crippen LogP contribution in [0.15, 0.2) is 24.3 Å². The number of anilines is 1. The highest BCUT2D eigenvalue weighted by Gasteiger charge is 2.33. The fourth-order valence-corrected chi connectivity index (χ4v) is 3.12. The lowest BCUT2D eigenvalue weighted by molar-refractivity contribution is 0.183. The van der Waals surface area contributed by atoms with Crippen molar-refractivity contribution in [2.45, 2.75) is 46.6 Å². The molecule has 1 aliphatic heterocycles. The molecule has 1 heterocycles. The maximum atomic E-state index is 3.72. The van der Waals surface area contributed by atoms with Crippen LogP contribution in [0.3, 0.4) is 0 Å². The Morgan fingerprint density at radius 2 is 2.05 bits per heavy atom. The molecule has 0 bridgehead atoms. The summed E-state index contributed by atoms with van der Waals surface area (Å²) < 4.78 is 0. The van der Waals surface area contributed by atoms with Crippen molar-refractivity contribution in [3.05, 3.63) is 29.8 Å². The Kier molecular flexibility index (Phi) is 4.51. The molecule has 2 rings (SSSR count). The number of hydrogen-bond donors (Lipinski definition) is 1. The summed E-state index contributed by atoms with van der Waals surface area (Å²) in [5.41, 5.74) is 3.15. The molecule has 1 aliphatic rings. The topological polar surface area (TPSA) is 15.3 Å². The van der Waals surface area contributed by atoms with Gasteiger partial charge < -0.3 is 10.2 Å². The lowest BCUT2D eigenvalue weighted by Gasteiger charge is -2.42. The van der Waals surface area contributed by atoms with Gasteiger partial charge in [0, 0.05) is 24.8 Å². The Morgan fingerprint density at radius 1 is 1.32 bits per heavy atom. The van der Waals surface area contributed by atoms with Crippen LogP contribution in [0.5, 0.6) is 0 Å². The number of aryl methyl sites for hydroxylation is 1. The second-order valence-electron chi connectivity index (χ2n) is 6.42. The van der Waals surface area contributed by atoms with E-state index in [4.69, 9.17) is 0 Å². The van der Waals surface area contributed by atoms with Gasteiger partial charge in [0.25, 0.3) is 0 Å². The fourth-order valence-electron chi connectivity index (χ4n) is 3.12. The van der Waals surface area contributed by atoms with E-state index >= 15 is 0 Å². The molecule has 1 aromatic rings. The number of benzene rings is 1. The van der Waals surface area contributed by atoms with Gasteiger partial charge in [-0.1, -0.05) is 32.0 Å². The highest BCUT2D eigenvalue weighted by molar-refractivity contribution is 5.53. The molecule has 1 saturated heterocycles. The van der Waals surface area contributed by atoms with Gasteiger partial charge in [-0.2, -0.15) is 0 Å². The molecular formula is C17H28N2. The zero-order valence-corrected chi connectivity index (χ0v) is 12.9. The molecule has 1 N–H and O–H groups in total. The molecule has 0 spiro atoms. The number of para-hydroxylation sites is 1. The number of hydrogen-bond acceptors (Lipinski definition) is 2. The Labute approximate surface area is 118 Å². The molecule has 106 valence electrons. The Bertz CT molecular complexity index is 411. The van der Waals surface area contributed by atoms with Gasteiger partial charge in [-0.25, -0.2) is 0 Å². The van der Waals surface area contributed by atoms with Crippen LogP contribution in [0.4, 0.5) is 5.69 Å². The van der Waals surface area contributed by atoms with Gasteiger partial charge in [0.15, 0.2) is 0 Å². The predicted octanol–water partition coefficient (Wildman–Crippen LogP) is 3.60. The third kappa shape index (κ3) is 3.30. The second kappa shape index (κ2) is 5.96. The van der Waals surface area contributed by atoms with E-state index in [1.807, 2.05) is 0 Å². The first-order valence-corrected chi connectivity index (χ1v) is 7.58. The van der Waals surface area contributed by atoms with Crippen LogP contribution < -0.4 is 10.2 Å². The number of likely N-dealkylation sites (N-methyl/N-ethyl adjacent to an activating group) is 1. The van der Waals surface area contributed by atoms with E-state index in [-0.39, 0.29) is 0 Å². The molecule has 1 atom stereocenters. The van der Waals surface area contributed by atoms with E-state index in [2.05, 4.69) is 62.2 Å². The number of rotatable bonds is 4. The van der Waals surface area contributed by atoms with Gasteiger partial charge in [0.2, 0.25) is 0 Å². The first kappa shape index (κ1) is 14.4. The van der Waals surface area contributed by atoms with Gasteiger partial charge in [-0.05, 0) is 50.3 Å². The van der Waals surface area contributed by atoms with E-state index in [0.29, 0.717) is 11.5 Å². The van der Waals surface area contributed by atoms with Crippen molar-refractivity contribution < 1.29 is 0 Å². The predicted molar refractivity (Wildman–Crippen MR) is 83.9 cm³/mol. The Balaban J connectivity index is 2.13. The van der Waals surface area contributed by atoms with Crippen molar-refractivity contribution in [3.8, 4) is 0 Å². The molecule has 1 fully saturated rings. The molecule has 0 saturated carbocycles. The molecule has 0 aliphatic carbocycles. The SMILES string of the molecule is CCN(CC1NCCCC1(C)C)c1ccccc1C. The number of nitrogens with one attached hydrogen (secondary N) is 1. The van der Waals surface area contributed by atoms with E-state index in [1.54, 1.807) is 0 Å². The molecule has 1 aromatic carbocycles. The average Bonchev–Trinajstić information content (AvgIpc) is 2.38. The summed E-state index contributed by atoms with van der Waals surface area (Å²) in [6.45, 7) is 12.6. The van der Waals surface area contributed by atoms with Crippen molar-refractivity contribution in [1.29, 1.82) is 0 Å². The molecular weight excluding hydrogens is 232 g/mol. The third-order valence-corrected chi connectivity index (χ3v) is 4.57. The van der Waals surface area contributed by atoms with Crippen molar-refractivity contribution >= 4 is 5.69 Å². The van der Waals surface area contributed by atoms with Crippen LogP contribution in [0.1, 0.15) is 39.2 Å². The van der Waals surface area contributed by atoms with E-state index < -0.39 is 0 Å². The first-order valence-electron chi connectivity index (χ1n) is 7.58. The highest BCUT2D eigenvalue weighted by atomic mass is 15.2. The standard InChI is InChI=1S/C17H28N2/c1-5-19(15-10-7-6-9-14(15)2)13-16-17(3,4)11-8-12-18-16/h6-7,9-10,16,18H,5,8,11-13H2,1-4H3. The normalized spacial score (nSPS) is 22.2. The van der Waals surface area contributed by atoms with Crippen LogP contribution in [-0.2, 0) is 0 Å². The number of piperidine rings is 1. The summed E-state index contributed by atoms with van der Waals surface area (Å²) in [5.74, 6) is 0. The summed E-state index contributed by atoms with van der Waals surface area (Å²) >= 11 is 0. The summed E-state index contributed by atoms with van der Waals surface area (Å²) in [5, 5.41) is 3.72. The highest BCUT2D eigenvalue weighted by Crippen LogP contribution is 2.31. The van der Waals surface area contributed by atoms with Gasteiger partial charge in [-0.15, -0.1) is 0 Å². The molecule has 2 nitrogen and oxygen atoms in total. The lowest BCUT2D eigenvalue weighted by Crippen LogP contribution is -2.53. The van der Waals surface area contributed by atoms with Crippen molar-refractivity contribution in [2.75, 3.05) is 24.5 Å². The zero-order chi connectivity index (χ0) is 13.9. The van der Waals surface area contributed by atoms with Crippen LogP contribution in [0.25, 0.3) is 0 Å². The summed E-state index contributed by atoms with van der Waals surface area (Å²) in [6, 6.07) is 9.30. The maximum absolute atomic E-state index is 3.72. The van der Waals surface area contributed by atoms with E-state index in [1.165, 1.54) is 30.6 Å². The van der Waals surface area contributed by atoms with Crippen LogP contribution in [0, 0.1) is 12.3 Å². The molecule has 19 heavy (non-hydrogen) atoms. The summed E-state index contributed by atoms with van der Waals surface area (Å²) in [6.07, 6.45) is 2.63. The van der Waals surface area contributed by atoms with Crippen LogP contribution in [0.2, 0.25) is 0 Å². The monoisotopic (exact) mass is 260 g/mol. The van der Waals surface area contributed by atoms with Crippen LogP contribution in [-0.4, -0.2) is 25.7 Å².